The Labute approximate surface area is 120 Å². The highest BCUT2D eigenvalue weighted by Gasteiger charge is 2.25. The van der Waals surface area contributed by atoms with Gasteiger partial charge in [-0.25, -0.2) is 0 Å². The summed E-state index contributed by atoms with van der Waals surface area (Å²) in [5.41, 5.74) is 7.31. The maximum Gasteiger partial charge on any atom is 0.163 e. The molecule has 2 aliphatic rings. The van der Waals surface area contributed by atoms with Crippen molar-refractivity contribution >= 4 is 5.69 Å². The number of hydrogen-bond acceptors (Lipinski definition) is 4. The van der Waals surface area contributed by atoms with Crippen molar-refractivity contribution in [2.45, 2.75) is 32.2 Å². The summed E-state index contributed by atoms with van der Waals surface area (Å²) in [5.74, 6) is 2.46. The highest BCUT2D eigenvalue weighted by atomic mass is 16.6. The predicted octanol–water partition coefficient (Wildman–Crippen LogP) is 2.41. The maximum absolute atomic E-state index is 6.07. The molecule has 1 saturated heterocycles. The second-order valence-electron chi connectivity index (χ2n) is 5.83. The van der Waals surface area contributed by atoms with Gasteiger partial charge < -0.3 is 20.1 Å². The maximum atomic E-state index is 6.07. The second kappa shape index (κ2) is 5.92. The van der Waals surface area contributed by atoms with E-state index < -0.39 is 0 Å². The predicted molar refractivity (Wildman–Crippen MR) is 80.6 cm³/mol. The van der Waals surface area contributed by atoms with Crippen molar-refractivity contribution in [3.05, 3.63) is 18.2 Å². The molecule has 2 atom stereocenters. The fourth-order valence-corrected chi connectivity index (χ4v) is 3.08. The zero-order valence-electron chi connectivity index (χ0n) is 12.2. The summed E-state index contributed by atoms with van der Waals surface area (Å²) in [7, 11) is 0. The van der Waals surface area contributed by atoms with Crippen molar-refractivity contribution < 1.29 is 9.47 Å². The van der Waals surface area contributed by atoms with Gasteiger partial charge in [-0.3, -0.25) is 0 Å². The van der Waals surface area contributed by atoms with Crippen molar-refractivity contribution in [1.29, 1.82) is 0 Å². The highest BCUT2D eigenvalue weighted by molar-refractivity contribution is 5.57. The van der Waals surface area contributed by atoms with Crippen LogP contribution in [0, 0.1) is 5.92 Å². The summed E-state index contributed by atoms with van der Waals surface area (Å²) < 4.78 is 11.2. The van der Waals surface area contributed by atoms with E-state index in [-0.39, 0.29) is 0 Å². The van der Waals surface area contributed by atoms with Crippen LogP contribution in [0.3, 0.4) is 0 Å². The fraction of sp³-hybridized carbons (Fsp3) is 0.625. The molecule has 2 unspecified atom stereocenters. The SMILES string of the molecule is CCC(N)CC1CCN(c2ccc3c(c2)OCCO3)C1. The first kappa shape index (κ1) is 13.6. The third kappa shape index (κ3) is 2.85. The molecule has 20 heavy (non-hydrogen) atoms. The number of fused-ring (bicyclic) bond motifs is 1. The number of anilines is 1. The lowest BCUT2D eigenvalue weighted by molar-refractivity contribution is 0.171. The van der Waals surface area contributed by atoms with Gasteiger partial charge in [0, 0.05) is 30.9 Å². The van der Waals surface area contributed by atoms with E-state index in [1.165, 1.54) is 12.1 Å². The standard InChI is InChI=1S/C16H24N2O2/c1-2-13(17)9-12-5-6-18(11-12)14-3-4-15-16(10-14)20-8-7-19-15/h3-4,10,12-13H,2,5-9,11,17H2,1H3. The van der Waals surface area contributed by atoms with Crippen LogP contribution >= 0.6 is 0 Å². The van der Waals surface area contributed by atoms with Gasteiger partial charge in [-0.05, 0) is 37.3 Å². The average Bonchev–Trinajstić information content (AvgIpc) is 2.95. The van der Waals surface area contributed by atoms with Gasteiger partial charge in [0.2, 0.25) is 0 Å². The van der Waals surface area contributed by atoms with E-state index in [1.807, 2.05) is 6.07 Å². The monoisotopic (exact) mass is 276 g/mol. The minimum Gasteiger partial charge on any atom is -0.486 e. The minimum atomic E-state index is 0.347. The third-order valence-corrected chi connectivity index (χ3v) is 4.34. The Hall–Kier alpha value is -1.42. The summed E-state index contributed by atoms with van der Waals surface area (Å²) in [4.78, 5) is 2.44. The summed E-state index contributed by atoms with van der Waals surface area (Å²) in [5, 5.41) is 0. The molecule has 0 saturated carbocycles. The van der Waals surface area contributed by atoms with Crippen LogP contribution in [-0.2, 0) is 0 Å². The summed E-state index contributed by atoms with van der Waals surface area (Å²) >= 11 is 0. The lowest BCUT2D eigenvalue weighted by Crippen LogP contribution is -2.25. The quantitative estimate of drug-likeness (QED) is 0.917. The van der Waals surface area contributed by atoms with E-state index in [0.717, 1.165) is 43.3 Å². The topological polar surface area (TPSA) is 47.7 Å². The van der Waals surface area contributed by atoms with Crippen molar-refractivity contribution in [1.82, 2.24) is 0 Å². The molecule has 1 aromatic rings. The molecule has 2 N–H and O–H groups in total. The first-order valence-electron chi connectivity index (χ1n) is 7.66. The molecular weight excluding hydrogens is 252 g/mol. The molecule has 4 nitrogen and oxygen atoms in total. The fourth-order valence-electron chi connectivity index (χ4n) is 3.08. The van der Waals surface area contributed by atoms with Crippen molar-refractivity contribution in [3.63, 3.8) is 0 Å². The Morgan fingerprint density at radius 2 is 2.10 bits per heavy atom. The van der Waals surface area contributed by atoms with E-state index in [2.05, 4.69) is 24.0 Å². The Bertz CT molecular complexity index is 464. The number of nitrogens with two attached hydrogens (primary N) is 1. The Morgan fingerprint density at radius 1 is 1.30 bits per heavy atom. The summed E-state index contributed by atoms with van der Waals surface area (Å²) in [6, 6.07) is 6.61. The van der Waals surface area contributed by atoms with Gasteiger partial charge in [-0.2, -0.15) is 0 Å². The normalized spacial score (nSPS) is 22.9. The van der Waals surface area contributed by atoms with Crippen LogP contribution in [0.1, 0.15) is 26.2 Å². The molecule has 0 bridgehead atoms. The largest absolute Gasteiger partial charge is 0.486 e. The average molecular weight is 276 g/mol. The molecule has 1 aromatic carbocycles. The molecule has 0 spiro atoms. The van der Waals surface area contributed by atoms with Gasteiger partial charge in [0.15, 0.2) is 11.5 Å². The lowest BCUT2D eigenvalue weighted by Gasteiger charge is -2.23. The smallest absolute Gasteiger partial charge is 0.163 e. The molecule has 0 amide bonds. The zero-order chi connectivity index (χ0) is 13.9. The molecular formula is C16H24N2O2. The number of benzene rings is 1. The van der Waals surface area contributed by atoms with Crippen LogP contribution in [-0.4, -0.2) is 32.3 Å². The van der Waals surface area contributed by atoms with Crippen LogP contribution < -0.4 is 20.1 Å². The molecule has 0 aliphatic carbocycles. The highest BCUT2D eigenvalue weighted by Crippen LogP contribution is 2.36. The van der Waals surface area contributed by atoms with Crippen molar-refractivity contribution in [2.24, 2.45) is 11.7 Å². The van der Waals surface area contributed by atoms with Crippen LogP contribution in [0.25, 0.3) is 0 Å². The Kier molecular flexibility index (Phi) is 4.01. The number of nitrogens with zero attached hydrogens (tertiary/aromatic N) is 1. The molecule has 2 heterocycles. The third-order valence-electron chi connectivity index (χ3n) is 4.34. The van der Waals surface area contributed by atoms with Crippen molar-refractivity contribution in [2.75, 3.05) is 31.2 Å². The van der Waals surface area contributed by atoms with E-state index in [1.54, 1.807) is 0 Å². The second-order valence-corrected chi connectivity index (χ2v) is 5.83. The first-order chi connectivity index (χ1) is 9.76. The molecule has 1 fully saturated rings. The Balaban J connectivity index is 1.65. The van der Waals surface area contributed by atoms with Crippen LogP contribution in [0.15, 0.2) is 18.2 Å². The Morgan fingerprint density at radius 3 is 2.90 bits per heavy atom. The zero-order valence-corrected chi connectivity index (χ0v) is 12.2. The first-order valence-corrected chi connectivity index (χ1v) is 7.66. The molecule has 2 aliphatic heterocycles. The van der Waals surface area contributed by atoms with Crippen LogP contribution in [0.4, 0.5) is 5.69 Å². The minimum absolute atomic E-state index is 0.347. The van der Waals surface area contributed by atoms with Gasteiger partial charge in [-0.1, -0.05) is 6.92 Å². The molecule has 3 rings (SSSR count). The van der Waals surface area contributed by atoms with Crippen LogP contribution in [0.5, 0.6) is 11.5 Å². The van der Waals surface area contributed by atoms with Gasteiger partial charge in [0.05, 0.1) is 0 Å². The molecule has 4 heteroatoms. The number of rotatable bonds is 4. The van der Waals surface area contributed by atoms with E-state index in [9.17, 15) is 0 Å². The summed E-state index contributed by atoms with van der Waals surface area (Å²) in [6.45, 7) is 5.67. The summed E-state index contributed by atoms with van der Waals surface area (Å²) in [6.07, 6.45) is 3.44. The van der Waals surface area contributed by atoms with E-state index in [4.69, 9.17) is 15.2 Å². The van der Waals surface area contributed by atoms with Gasteiger partial charge in [-0.15, -0.1) is 0 Å². The van der Waals surface area contributed by atoms with Gasteiger partial charge >= 0.3 is 0 Å². The van der Waals surface area contributed by atoms with Crippen LogP contribution in [0.2, 0.25) is 0 Å². The van der Waals surface area contributed by atoms with Gasteiger partial charge in [0.25, 0.3) is 0 Å². The van der Waals surface area contributed by atoms with Crippen molar-refractivity contribution in [3.8, 4) is 11.5 Å². The van der Waals surface area contributed by atoms with E-state index in [0.29, 0.717) is 19.3 Å². The molecule has 0 aromatic heterocycles. The van der Waals surface area contributed by atoms with E-state index >= 15 is 0 Å². The lowest BCUT2D eigenvalue weighted by atomic mass is 9.98. The molecule has 0 radical (unpaired) electrons. The van der Waals surface area contributed by atoms with Gasteiger partial charge in [0.1, 0.15) is 13.2 Å². The number of ether oxygens (including phenoxy) is 2. The molecule has 110 valence electrons. The number of hydrogen-bond donors (Lipinski definition) is 1.